The van der Waals surface area contributed by atoms with Gasteiger partial charge in [-0.25, -0.2) is 0 Å². The van der Waals surface area contributed by atoms with Crippen molar-refractivity contribution < 1.29 is 5.11 Å². The molecule has 1 aliphatic carbocycles. The minimum atomic E-state index is 0.0968. The minimum Gasteiger partial charge on any atom is -0.396 e. The van der Waals surface area contributed by atoms with E-state index in [9.17, 15) is 0 Å². The van der Waals surface area contributed by atoms with Gasteiger partial charge >= 0.3 is 0 Å². The first-order valence-corrected chi connectivity index (χ1v) is 4.93. The summed E-state index contributed by atoms with van der Waals surface area (Å²) in [4.78, 5) is 0. The van der Waals surface area contributed by atoms with Crippen LogP contribution in [0.2, 0.25) is 0 Å². The molecule has 3 N–H and O–H groups in total. The van der Waals surface area contributed by atoms with Gasteiger partial charge in [0.2, 0.25) is 0 Å². The van der Waals surface area contributed by atoms with Crippen molar-refractivity contribution in [1.82, 2.24) is 0 Å². The molecule has 72 valence electrons. The molecular formula is C10H21NO. The van der Waals surface area contributed by atoms with Gasteiger partial charge in [-0.3, -0.25) is 0 Å². The van der Waals surface area contributed by atoms with E-state index in [1.807, 2.05) is 0 Å². The Kier molecular flexibility index (Phi) is 3.13. The zero-order valence-corrected chi connectivity index (χ0v) is 8.21. The third-order valence-electron chi connectivity index (χ3n) is 3.02. The molecule has 1 rings (SSSR count). The van der Waals surface area contributed by atoms with Crippen LogP contribution in [0.4, 0.5) is 0 Å². The second-order valence-electron chi connectivity index (χ2n) is 4.77. The summed E-state index contributed by atoms with van der Waals surface area (Å²) < 4.78 is 0. The van der Waals surface area contributed by atoms with E-state index in [1.54, 1.807) is 0 Å². The molecule has 2 nitrogen and oxygen atoms in total. The maximum absolute atomic E-state index is 9.11. The Balaban J connectivity index is 2.25. The van der Waals surface area contributed by atoms with Gasteiger partial charge in [-0.15, -0.1) is 0 Å². The lowest BCUT2D eigenvalue weighted by atomic mass is 9.60. The third-order valence-corrected chi connectivity index (χ3v) is 3.02. The number of aliphatic hydroxyl groups is 1. The van der Waals surface area contributed by atoms with Crippen LogP contribution in [0.1, 0.15) is 33.1 Å². The highest BCUT2D eigenvalue weighted by Crippen LogP contribution is 2.47. The second kappa shape index (κ2) is 3.75. The van der Waals surface area contributed by atoms with Crippen molar-refractivity contribution in [3.63, 3.8) is 0 Å². The fourth-order valence-corrected chi connectivity index (χ4v) is 2.36. The van der Waals surface area contributed by atoms with Gasteiger partial charge < -0.3 is 10.8 Å². The molecule has 0 spiro atoms. The molecule has 1 saturated carbocycles. The fourth-order valence-electron chi connectivity index (χ4n) is 2.36. The van der Waals surface area contributed by atoms with Crippen LogP contribution in [0.5, 0.6) is 0 Å². The fraction of sp³-hybridized carbons (Fsp3) is 1.00. The lowest BCUT2D eigenvalue weighted by molar-refractivity contribution is -0.00543. The van der Waals surface area contributed by atoms with E-state index < -0.39 is 0 Å². The Labute approximate surface area is 75.2 Å². The van der Waals surface area contributed by atoms with Crippen molar-refractivity contribution in [1.29, 1.82) is 0 Å². The molecule has 0 aromatic rings. The Morgan fingerprint density at radius 1 is 1.50 bits per heavy atom. The molecule has 0 amide bonds. The van der Waals surface area contributed by atoms with Crippen LogP contribution in [0.3, 0.4) is 0 Å². The second-order valence-corrected chi connectivity index (χ2v) is 4.77. The Bertz CT molecular complexity index is 133. The van der Waals surface area contributed by atoms with Crippen LogP contribution in [-0.4, -0.2) is 18.3 Å². The summed E-state index contributed by atoms with van der Waals surface area (Å²) in [6.07, 6.45) is 3.57. The van der Waals surface area contributed by atoms with Crippen molar-refractivity contribution in [3.05, 3.63) is 0 Å². The SMILES string of the molecule is CC(C)CC1CC(CN)(CO)C1. The quantitative estimate of drug-likeness (QED) is 0.671. The summed E-state index contributed by atoms with van der Waals surface area (Å²) in [7, 11) is 0. The first-order valence-electron chi connectivity index (χ1n) is 4.93. The normalized spacial score (nSPS) is 35.2. The average molecular weight is 171 g/mol. The molecular weight excluding hydrogens is 150 g/mol. The van der Waals surface area contributed by atoms with Crippen LogP contribution < -0.4 is 5.73 Å². The van der Waals surface area contributed by atoms with Gasteiger partial charge in [-0.1, -0.05) is 13.8 Å². The number of nitrogens with two attached hydrogens (primary N) is 1. The molecule has 0 atom stereocenters. The van der Waals surface area contributed by atoms with E-state index in [1.165, 1.54) is 6.42 Å². The highest BCUT2D eigenvalue weighted by Gasteiger charge is 2.42. The zero-order chi connectivity index (χ0) is 9.19. The summed E-state index contributed by atoms with van der Waals surface area (Å²) in [5, 5.41) is 9.11. The molecule has 0 aromatic heterocycles. The predicted octanol–water partition coefficient (Wildman–Crippen LogP) is 1.38. The van der Waals surface area contributed by atoms with E-state index in [-0.39, 0.29) is 12.0 Å². The van der Waals surface area contributed by atoms with Crippen LogP contribution in [0, 0.1) is 17.3 Å². The molecule has 0 bridgehead atoms. The number of rotatable bonds is 4. The minimum absolute atomic E-state index is 0.0968. The molecule has 0 radical (unpaired) electrons. The molecule has 0 heterocycles. The average Bonchev–Trinajstić information content (AvgIpc) is 1.95. The summed E-state index contributed by atoms with van der Waals surface area (Å²) in [5.74, 6) is 1.60. The maximum Gasteiger partial charge on any atom is 0.0499 e. The van der Waals surface area contributed by atoms with E-state index in [2.05, 4.69) is 13.8 Å². The predicted molar refractivity (Wildman–Crippen MR) is 50.8 cm³/mol. The summed E-state index contributed by atoms with van der Waals surface area (Å²) >= 11 is 0. The number of hydrogen-bond donors (Lipinski definition) is 2. The molecule has 0 aliphatic heterocycles. The molecule has 2 heteroatoms. The Morgan fingerprint density at radius 2 is 2.08 bits per heavy atom. The van der Waals surface area contributed by atoms with Gasteiger partial charge in [0.25, 0.3) is 0 Å². The maximum atomic E-state index is 9.11. The van der Waals surface area contributed by atoms with Gasteiger partial charge in [0.1, 0.15) is 0 Å². The van der Waals surface area contributed by atoms with Crippen LogP contribution in [0.15, 0.2) is 0 Å². The Hall–Kier alpha value is -0.0800. The zero-order valence-electron chi connectivity index (χ0n) is 8.21. The van der Waals surface area contributed by atoms with Gasteiger partial charge in [0.05, 0.1) is 0 Å². The van der Waals surface area contributed by atoms with E-state index in [0.29, 0.717) is 6.54 Å². The highest BCUT2D eigenvalue weighted by molar-refractivity contribution is 4.94. The van der Waals surface area contributed by atoms with Crippen molar-refractivity contribution >= 4 is 0 Å². The van der Waals surface area contributed by atoms with Gasteiger partial charge in [-0.05, 0) is 31.1 Å². The monoisotopic (exact) mass is 171 g/mol. The van der Waals surface area contributed by atoms with E-state index in [0.717, 1.165) is 24.7 Å². The first-order chi connectivity index (χ1) is 5.62. The molecule has 0 unspecified atom stereocenters. The van der Waals surface area contributed by atoms with Crippen molar-refractivity contribution in [2.75, 3.05) is 13.2 Å². The van der Waals surface area contributed by atoms with Crippen molar-refractivity contribution in [2.45, 2.75) is 33.1 Å². The van der Waals surface area contributed by atoms with Gasteiger partial charge in [0, 0.05) is 18.6 Å². The summed E-state index contributed by atoms with van der Waals surface area (Å²) in [6, 6.07) is 0. The standard InChI is InChI=1S/C10H21NO/c1-8(2)3-9-4-10(5-9,6-11)7-12/h8-9,12H,3-7,11H2,1-2H3. The smallest absolute Gasteiger partial charge is 0.0499 e. The molecule has 0 aromatic carbocycles. The highest BCUT2D eigenvalue weighted by atomic mass is 16.3. The van der Waals surface area contributed by atoms with E-state index >= 15 is 0 Å². The molecule has 1 aliphatic rings. The first kappa shape index (κ1) is 10.0. The van der Waals surface area contributed by atoms with Crippen molar-refractivity contribution in [3.8, 4) is 0 Å². The largest absolute Gasteiger partial charge is 0.396 e. The van der Waals surface area contributed by atoms with Crippen molar-refractivity contribution in [2.24, 2.45) is 23.0 Å². The third kappa shape index (κ3) is 1.99. The summed E-state index contributed by atoms with van der Waals surface area (Å²) in [6.45, 7) is 5.43. The molecule has 12 heavy (non-hydrogen) atoms. The Morgan fingerprint density at radius 3 is 2.42 bits per heavy atom. The topological polar surface area (TPSA) is 46.2 Å². The van der Waals surface area contributed by atoms with Gasteiger partial charge in [-0.2, -0.15) is 0 Å². The molecule has 1 fully saturated rings. The van der Waals surface area contributed by atoms with Crippen LogP contribution >= 0.6 is 0 Å². The van der Waals surface area contributed by atoms with Gasteiger partial charge in [0.15, 0.2) is 0 Å². The number of hydrogen-bond acceptors (Lipinski definition) is 2. The molecule has 0 saturated heterocycles. The summed E-state index contributed by atoms with van der Waals surface area (Å²) in [5.41, 5.74) is 5.71. The van der Waals surface area contributed by atoms with Crippen LogP contribution in [-0.2, 0) is 0 Å². The lowest BCUT2D eigenvalue weighted by Gasteiger charge is -2.46. The van der Waals surface area contributed by atoms with Crippen LogP contribution in [0.25, 0.3) is 0 Å². The van der Waals surface area contributed by atoms with E-state index in [4.69, 9.17) is 10.8 Å². The number of aliphatic hydroxyl groups excluding tert-OH is 1. The lowest BCUT2D eigenvalue weighted by Crippen LogP contribution is -2.46.